The van der Waals surface area contributed by atoms with E-state index in [1.54, 1.807) is 0 Å². The zero-order valence-corrected chi connectivity index (χ0v) is 11.7. The molecule has 1 amide bonds. The Kier molecular flexibility index (Phi) is 5.37. The van der Waals surface area contributed by atoms with Crippen LogP contribution in [0.5, 0.6) is 0 Å². The van der Waals surface area contributed by atoms with Gasteiger partial charge in [-0.1, -0.05) is 11.6 Å². The molecule has 0 aliphatic heterocycles. The summed E-state index contributed by atoms with van der Waals surface area (Å²) in [7, 11) is 0. The molecular formula is C12H14ClNO3S. The van der Waals surface area contributed by atoms with Gasteiger partial charge in [0.15, 0.2) is 0 Å². The molecule has 0 unspecified atom stereocenters. The Morgan fingerprint density at radius 1 is 1.33 bits per heavy atom. The minimum absolute atomic E-state index is 0.0617. The summed E-state index contributed by atoms with van der Waals surface area (Å²) in [5.41, 5.74) is 0.290. The standard InChI is InChI=1S/C12H14ClNO3S/c1-7(8(2)12(16)17)11(15)14-6-5-9-3-4-10(13)18-9/h3-4H,5-6H2,1-2H3,(H,14,15)(H,16,17)/b8-7+. The maximum absolute atomic E-state index is 11.6. The largest absolute Gasteiger partial charge is 0.478 e. The third-order valence-corrected chi connectivity index (χ3v) is 3.80. The fourth-order valence-corrected chi connectivity index (χ4v) is 2.34. The maximum Gasteiger partial charge on any atom is 0.331 e. The Hall–Kier alpha value is -1.33. The van der Waals surface area contributed by atoms with Gasteiger partial charge in [0.2, 0.25) is 5.91 Å². The number of thiophene rings is 1. The van der Waals surface area contributed by atoms with Gasteiger partial charge in [-0.15, -0.1) is 11.3 Å². The highest BCUT2D eigenvalue weighted by Gasteiger charge is 2.12. The van der Waals surface area contributed by atoms with Crippen molar-refractivity contribution in [2.75, 3.05) is 6.54 Å². The van der Waals surface area contributed by atoms with Crippen molar-refractivity contribution in [2.45, 2.75) is 20.3 Å². The fourth-order valence-electron chi connectivity index (χ4n) is 1.25. The zero-order valence-electron chi connectivity index (χ0n) is 10.1. The number of amides is 1. The van der Waals surface area contributed by atoms with Crippen molar-refractivity contribution in [2.24, 2.45) is 0 Å². The van der Waals surface area contributed by atoms with E-state index >= 15 is 0 Å². The van der Waals surface area contributed by atoms with Crippen LogP contribution in [0.1, 0.15) is 18.7 Å². The highest BCUT2D eigenvalue weighted by molar-refractivity contribution is 7.16. The lowest BCUT2D eigenvalue weighted by molar-refractivity contribution is -0.133. The van der Waals surface area contributed by atoms with E-state index in [4.69, 9.17) is 16.7 Å². The van der Waals surface area contributed by atoms with E-state index in [9.17, 15) is 9.59 Å². The number of carboxylic acid groups (broad SMARTS) is 1. The van der Waals surface area contributed by atoms with Gasteiger partial charge in [-0.05, 0) is 32.4 Å². The molecule has 1 aromatic heterocycles. The van der Waals surface area contributed by atoms with E-state index in [1.807, 2.05) is 12.1 Å². The molecular weight excluding hydrogens is 274 g/mol. The Bertz CT molecular complexity index is 493. The molecule has 1 rings (SSSR count). The molecule has 0 atom stereocenters. The first-order valence-electron chi connectivity index (χ1n) is 5.35. The number of carbonyl (C=O) groups is 2. The van der Waals surface area contributed by atoms with Crippen LogP contribution in [0.4, 0.5) is 0 Å². The second-order valence-electron chi connectivity index (χ2n) is 3.77. The smallest absolute Gasteiger partial charge is 0.331 e. The molecule has 2 N–H and O–H groups in total. The molecule has 0 fully saturated rings. The minimum Gasteiger partial charge on any atom is -0.478 e. The van der Waals surface area contributed by atoms with Gasteiger partial charge in [0.25, 0.3) is 0 Å². The molecule has 0 radical (unpaired) electrons. The summed E-state index contributed by atoms with van der Waals surface area (Å²) in [6.45, 7) is 3.37. The van der Waals surface area contributed by atoms with Gasteiger partial charge >= 0.3 is 5.97 Å². The number of hydrogen-bond acceptors (Lipinski definition) is 3. The quantitative estimate of drug-likeness (QED) is 0.818. The Labute approximate surface area is 114 Å². The van der Waals surface area contributed by atoms with E-state index in [1.165, 1.54) is 25.2 Å². The molecule has 0 spiro atoms. The van der Waals surface area contributed by atoms with E-state index in [2.05, 4.69) is 5.32 Å². The molecule has 0 aliphatic carbocycles. The molecule has 0 bridgehead atoms. The Morgan fingerprint density at radius 3 is 2.50 bits per heavy atom. The van der Waals surface area contributed by atoms with Crippen LogP contribution in [0.15, 0.2) is 23.3 Å². The summed E-state index contributed by atoms with van der Waals surface area (Å²) in [5.74, 6) is -1.43. The second kappa shape index (κ2) is 6.56. The monoisotopic (exact) mass is 287 g/mol. The van der Waals surface area contributed by atoms with E-state index in [-0.39, 0.29) is 17.1 Å². The molecule has 0 aliphatic rings. The predicted octanol–water partition coefficient (Wildman–Crippen LogP) is 2.48. The van der Waals surface area contributed by atoms with Gasteiger partial charge in [-0.2, -0.15) is 0 Å². The average molecular weight is 288 g/mol. The van der Waals surface area contributed by atoms with E-state index in [0.29, 0.717) is 17.3 Å². The molecule has 0 saturated carbocycles. The molecule has 1 aromatic rings. The topological polar surface area (TPSA) is 66.4 Å². The van der Waals surface area contributed by atoms with Gasteiger partial charge in [0.1, 0.15) is 0 Å². The van der Waals surface area contributed by atoms with Crippen molar-refractivity contribution in [1.29, 1.82) is 0 Å². The fraction of sp³-hybridized carbons (Fsp3) is 0.333. The highest BCUT2D eigenvalue weighted by atomic mass is 35.5. The zero-order chi connectivity index (χ0) is 13.7. The molecule has 18 heavy (non-hydrogen) atoms. The van der Waals surface area contributed by atoms with Crippen molar-refractivity contribution in [3.8, 4) is 0 Å². The summed E-state index contributed by atoms with van der Waals surface area (Å²) < 4.78 is 0.717. The van der Waals surface area contributed by atoms with Crippen molar-refractivity contribution in [3.63, 3.8) is 0 Å². The number of carboxylic acids is 1. The van der Waals surface area contributed by atoms with Crippen molar-refractivity contribution in [3.05, 3.63) is 32.5 Å². The van der Waals surface area contributed by atoms with Gasteiger partial charge in [-0.25, -0.2) is 4.79 Å². The lowest BCUT2D eigenvalue weighted by atomic mass is 10.1. The number of nitrogens with one attached hydrogen (secondary N) is 1. The summed E-state index contributed by atoms with van der Waals surface area (Å²) in [6, 6.07) is 3.72. The number of hydrogen-bond donors (Lipinski definition) is 2. The number of carbonyl (C=O) groups excluding carboxylic acids is 1. The molecule has 6 heteroatoms. The van der Waals surface area contributed by atoms with E-state index in [0.717, 1.165) is 4.88 Å². The van der Waals surface area contributed by atoms with Gasteiger partial charge < -0.3 is 10.4 Å². The lowest BCUT2D eigenvalue weighted by Gasteiger charge is -2.06. The van der Waals surface area contributed by atoms with Crippen LogP contribution in [0.2, 0.25) is 4.34 Å². The van der Waals surface area contributed by atoms with Crippen LogP contribution in [0.25, 0.3) is 0 Å². The molecule has 98 valence electrons. The first kappa shape index (κ1) is 14.7. The van der Waals surface area contributed by atoms with Crippen LogP contribution in [-0.2, 0) is 16.0 Å². The molecule has 0 aromatic carbocycles. The summed E-state index contributed by atoms with van der Waals surface area (Å²) in [6.07, 6.45) is 0.683. The number of rotatable bonds is 5. The van der Waals surface area contributed by atoms with Crippen molar-refractivity contribution < 1.29 is 14.7 Å². The van der Waals surface area contributed by atoms with Gasteiger partial charge in [0.05, 0.1) is 4.34 Å². The van der Waals surface area contributed by atoms with Crippen molar-refractivity contribution >= 4 is 34.8 Å². The van der Waals surface area contributed by atoms with Gasteiger partial charge in [-0.3, -0.25) is 4.79 Å². The first-order chi connectivity index (χ1) is 8.41. The van der Waals surface area contributed by atoms with Crippen LogP contribution < -0.4 is 5.32 Å². The van der Waals surface area contributed by atoms with E-state index < -0.39 is 5.97 Å². The first-order valence-corrected chi connectivity index (χ1v) is 6.54. The van der Waals surface area contributed by atoms with Gasteiger partial charge in [0, 0.05) is 22.6 Å². The Balaban J connectivity index is 2.47. The summed E-state index contributed by atoms with van der Waals surface area (Å²) >= 11 is 7.25. The summed E-state index contributed by atoms with van der Waals surface area (Å²) in [5, 5.41) is 11.4. The van der Waals surface area contributed by atoms with Crippen LogP contribution >= 0.6 is 22.9 Å². The second-order valence-corrected chi connectivity index (χ2v) is 5.57. The van der Waals surface area contributed by atoms with Crippen molar-refractivity contribution in [1.82, 2.24) is 5.32 Å². The maximum atomic E-state index is 11.6. The predicted molar refractivity (Wildman–Crippen MR) is 72.1 cm³/mol. The Morgan fingerprint density at radius 2 is 2.00 bits per heavy atom. The molecule has 4 nitrogen and oxygen atoms in total. The minimum atomic E-state index is -1.08. The number of halogens is 1. The highest BCUT2D eigenvalue weighted by Crippen LogP contribution is 2.21. The SMILES string of the molecule is C/C(C(=O)O)=C(/C)C(=O)NCCc1ccc(Cl)s1. The van der Waals surface area contributed by atoms with Crippen LogP contribution in [-0.4, -0.2) is 23.5 Å². The third kappa shape index (κ3) is 4.16. The van der Waals surface area contributed by atoms with Crippen LogP contribution in [0.3, 0.4) is 0 Å². The third-order valence-electron chi connectivity index (χ3n) is 2.51. The summed E-state index contributed by atoms with van der Waals surface area (Å²) in [4.78, 5) is 23.4. The average Bonchev–Trinajstić information content (AvgIpc) is 2.72. The van der Waals surface area contributed by atoms with Crippen LogP contribution in [0, 0.1) is 0 Å². The molecule has 0 saturated heterocycles. The number of aliphatic carboxylic acids is 1. The lowest BCUT2D eigenvalue weighted by Crippen LogP contribution is -2.27. The normalized spacial score (nSPS) is 11.9. The molecule has 1 heterocycles.